The van der Waals surface area contributed by atoms with Gasteiger partial charge in [-0.25, -0.2) is 0 Å². The van der Waals surface area contributed by atoms with Gasteiger partial charge in [0.25, 0.3) is 0 Å². The van der Waals surface area contributed by atoms with Crippen LogP contribution in [0.25, 0.3) is 0 Å². The summed E-state index contributed by atoms with van der Waals surface area (Å²) >= 11 is 0. The first-order chi connectivity index (χ1) is 11.0. The summed E-state index contributed by atoms with van der Waals surface area (Å²) in [5.74, 6) is 0.0512. The van der Waals surface area contributed by atoms with Crippen molar-refractivity contribution in [1.82, 2.24) is 14.8 Å². The minimum Gasteiger partial charge on any atom is -0.391 e. The van der Waals surface area contributed by atoms with Crippen LogP contribution in [0, 0.1) is 12.8 Å². The van der Waals surface area contributed by atoms with E-state index >= 15 is 0 Å². The molecule has 0 unspecified atom stereocenters. The molecule has 6 nitrogen and oxygen atoms in total. The second kappa shape index (κ2) is 9.69. The maximum absolute atomic E-state index is 12.5. The van der Waals surface area contributed by atoms with E-state index in [2.05, 4.69) is 22.9 Å². The van der Waals surface area contributed by atoms with Crippen molar-refractivity contribution >= 4 is 30.7 Å². The number of rotatable bonds is 3. The fraction of sp³-hybridized carbons (Fsp3) is 0.647. The van der Waals surface area contributed by atoms with Gasteiger partial charge in [-0.15, -0.1) is 24.8 Å². The number of hydrogen-bond acceptors (Lipinski definition) is 5. The maximum atomic E-state index is 12.5. The minimum atomic E-state index is -0.530. The van der Waals surface area contributed by atoms with Gasteiger partial charge in [0, 0.05) is 50.9 Å². The Morgan fingerprint density at radius 1 is 1.28 bits per heavy atom. The molecule has 8 heteroatoms. The van der Waals surface area contributed by atoms with E-state index in [4.69, 9.17) is 5.73 Å². The summed E-state index contributed by atoms with van der Waals surface area (Å²) in [4.78, 5) is 21.3. The zero-order valence-electron chi connectivity index (χ0n) is 14.5. The molecule has 0 radical (unpaired) electrons. The number of nitrogens with two attached hydrogens (primary N) is 1. The lowest BCUT2D eigenvalue weighted by molar-refractivity contribution is -0.137. The molecule has 2 aliphatic rings. The molecular formula is C17H28Cl2N4O2. The first-order valence-electron chi connectivity index (χ1n) is 8.40. The highest BCUT2D eigenvalue weighted by Gasteiger charge is 2.37. The Balaban J connectivity index is 0.00000156. The molecule has 0 aromatic carbocycles. The van der Waals surface area contributed by atoms with E-state index in [-0.39, 0.29) is 42.7 Å². The standard InChI is InChI=1S/C17H26N4O2.2ClH/c1-12-3-2-4-19-15(12)11-20-5-7-21(8-6-20)17(23)13-9-14(18)16(22)10-13;;/h2-4,13-14,16,22H,5-11,18H2,1H3;2*1H/t13-,14+,16+;;/m0../s1. The molecule has 3 rings (SSSR count). The Labute approximate surface area is 161 Å². The van der Waals surface area contributed by atoms with Crippen LogP contribution in [0.2, 0.25) is 0 Å². The molecule has 3 N–H and O–H groups in total. The molecule has 1 aliphatic carbocycles. The number of aromatic nitrogens is 1. The smallest absolute Gasteiger partial charge is 0.225 e. The first-order valence-corrected chi connectivity index (χ1v) is 8.40. The number of amides is 1. The summed E-state index contributed by atoms with van der Waals surface area (Å²) in [5, 5.41) is 9.74. The number of aryl methyl sites for hydroxylation is 1. The lowest BCUT2D eigenvalue weighted by Gasteiger charge is -2.36. The molecule has 0 spiro atoms. The van der Waals surface area contributed by atoms with E-state index in [1.54, 1.807) is 0 Å². The quantitative estimate of drug-likeness (QED) is 0.803. The van der Waals surface area contributed by atoms with Crippen molar-refractivity contribution in [3.63, 3.8) is 0 Å². The van der Waals surface area contributed by atoms with Crippen molar-refractivity contribution in [2.24, 2.45) is 11.7 Å². The van der Waals surface area contributed by atoms with Crippen molar-refractivity contribution in [3.8, 4) is 0 Å². The van der Waals surface area contributed by atoms with Crippen LogP contribution in [0.1, 0.15) is 24.1 Å². The van der Waals surface area contributed by atoms with E-state index in [1.807, 2.05) is 17.2 Å². The van der Waals surface area contributed by atoms with Crippen molar-refractivity contribution in [2.45, 2.75) is 38.5 Å². The maximum Gasteiger partial charge on any atom is 0.225 e. The zero-order valence-corrected chi connectivity index (χ0v) is 16.1. The summed E-state index contributed by atoms with van der Waals surface area (Å²) in [6.45, 7) is 6.13. The van der Waals surface area contributed by atoms with Gasteiger partial charge >= 0.3 is 0 Å². The highest BCUT2D eigenvalue weighted by atomic mass is 35.5. The number of pyridine rings is 1. The number of halogens is 2. The average Bonchev–Trinajstić information content (AvgIpc) is 2.89. The number of hydrogen-bond donors (Lipinski definition) is 2. The molecule has 1 saturated carbocycles. The van der Waals surface area contributed by atoms with Gasteiger partial charge in [0.15, 0.2) is 0 Å². The molecule has 1 saturated heterocycles. The van der Waals surface area contributed by atoms with E-state index in [1.165, 1.54) is 5.56 Å². The van der Waals surface area contributed by atoms with Crippen LogP contribution in [-0.4, -0.2) is 64.1 Å². The Bertz CT molecular complexity index is 557. The minimum absolute atomic E-state index is 0. The van der Waals surface area contributed by atoms with E-state index in [0.717, 1.165) is 38.4 Å². The molecule has 2 heterocycles. The van der Waals surface area contributed by atoms with Gasteiger partial charge in [0.05, 0.1) is 11.8 Å². The van der Waals surface area contributed by atoms with Crippen LogP contribution in [0.5, 0.6) is 0 Å². The summed E-state index contributed by atoms with van der Waals surface area (Å²) < 4.78 is 0. The molecule has 2 fully saturated rings. The Kier molecular flexibility index (Phi) is 8.57. The van der Waals surface area contributed by atoms with Gasteiger partial charge in [0.1, 0.15) is 0 Å². The Morgan fingerprint density at radius 2 is 1.96 bits per heavy atom. The topological polar surface area (TPSA) is 82.7 Å². The molecule has 25 heavy (non-hydrogen) atoms. The fourth-order valence-electron chi connectivity index (χ4n) is 3.53. The summed E-state index contributed by atoms with van der Waals surface area (Å²) in [6, 6.07) is 3.78. The third-order valence-electron chi connectivity index (χ3n) is 5.10. The molecule has 142 valence electrons. The predicted octanol–water partition coefficient (Wildman–Crippen LogP) is 0.976. The lowest BCUT2D eigenvalue weighted by atomic mass is 10.1. The monoisotopic (exact) mass is 390 g/mol. The average molecular weight is 391 g/mol. The lowest BCUT2D eigenvalue weighted by Crippen LogP contribution is -2.50. The van der Waals surface area contributed by atoms with Crippen LogP contribution < -0.4 is 5.73 Å². The van der Waals surface area contributed by atoms with Crippen LogP contribution in [-0.2, 0) is 11.3 Å². The Hall–Kier alpha value is -0.920. The second-order valence-electron chi connectivity index (χ2n) is 6.77. The number of carbonyl (C=O) groups is 1. The first kappa shape index (κ1) is 22.1. The Morgan fingerprint density at radius 3 is 2.52 bits per heavy atom. The van der Waals surface area contributed by atoms with Gasteiger partial charge in [-0.1, -0.05) is 6.07 Å². The predicted molar refractivity (Wildman–Crippen MR) is 102 cm³/mol. The largest absolute Gasteiger partial charge is 0.391 e. The van der Waals surface area contributed by atoms with Gasteiger partial charge in [-0.05, 0) is 31.4 Å². The number of aliphatic hydroxyl groups excluding tert-OH is 1. The van der Waals surface area contributed by atoms with Gasteiger partial charge in [-0.3, -0.25) is 14.7 Å². The van der Waals surface area contributed by atoms with Crippen molar-refractivity contribution in [3.05, 3.63) is 29.6 Å². The van der Waals surface area contributed by atoms with Gasteiger partial charge < -0.3 is 15.7 Å². The highest BCUT2D eigenvalue weighted by molar-refractivity contribution is 5.85. The molecule has 3 atom stereocenters. The summed E-state index contributed by atoms with van der Waals surface area (Å²) in [7, 11) is 0. The summed E-state index contributed by atoms with van der Waals surface area (Å²) in [5.41, 5.74) is 8.14. The number of piperazine rings is 1. The molecule has 1 amide bonds. The zero-order chi connectivity index (χ0) is 16.4. The van der Waals surface area contributed by atoms with Gasteiger partial charge in [0.2, 0.25) is 5.91 Å². The van der Waals surface area contributed by atoms with Crippen LogP contribution in [0.15, 0.2) is 18.3 Å². The third kappa shape index (κ3) is 5.28. The molecule has 1 aromatic heterocycles. The van der Waals surface area contributed by atoms with Crippen molar-refractivity contribution < 1.29 is 9.90 Å². The normalized spacial score (nSPS) is 26.7. The molecule has 1 aromatic rings. The molecular weight excluding hydrogens is 363 g/mol. The van der Waals surface area contributed by atoms with Crippen molar-refractivity contribution in [2.75, 3.05) is 26.2 Å². The van der Waals surface area contributed by atoms with Crippen LogP contribution >= 0.6 is 24.8 Å². The third-order valence-corrected chi connectivity index (χ3v) is 5.10. The van der Waals surface area contributed by atoms with Gasteiger partial charge in [-0.2, -0.15) is 0 Å². The number of carbonyl (C=O) groups excluding carboxylic acids is 1. The van der Waals surface area contributed by atoms with Crippen molar-refractivity contribution in [1.29, 1.82) is 0 Å². The van der Waals surface area contributed by atoms with E-state index in [0.29, 0.717) is 12.8 Å². The SMILES string of the molecule is Cc1cccnc1CN1CCN(C(=O)[C@H]2C[C@@H](N)[C@H](O)C2)CC1.Cl.Cl. The van der Waals surface area contributed by atoms with Crippen LogP contribution in [0.4, 0.5) is 0 Å². The number of nitrogens with zero attached hydrogens (tertiary/aromatic N) is 3. The second-order valence-corrected chi connectivity index (χ2v) is 6.77. The summed E-state index contributed by atoms with van der Waals surface area (Å²) in [6.07, 6.45) is 2.41. The molecule has 0 bridgehead atoms. The fourth-order valence-corrected chi connectivity index (χ4v) is 3.53. The van der Waals surface area contributed by atoms with E-state index in [9.17, 15) is 9.90 Å². The van der Waals surface area contributed by atoms with Crippen LogP contribution in [0.3, 0.4) is 0 Å². The van der Waals surface area contributed by atoms with E-state index < -0.39 is 6.10 Å². The number of aliphatic hydroxyl groups is 1. The molecule has 1 aliphatic heterocycles. The highest BCUT2D eigenvalue weighted by Crippen LogP contribution is 2.27.